The lowest BCUT2D eigenvalue weighted by atomic mass is 9.89. The summed E-state index contributed by atoms with van der Waals surface area (Å²) in [6.07, 6.45) is 6.08. The number of hydrogen-bond acceptors (Lipinski definition) is 3. The topological polar surface area (TPSA) is 67.4 Å². The summed E-state index contributed by atoms with van der Waals surface area (Å²) in [6, 6.07) is 7.78. The van der Waals surface area contributed by atoms with Crippen molar-refractivity contribution in [3.05, 3.63) is 29.8 Å². The number of carbonyl (C=O) groups excluding carboxylic acids is 2. The minimum Gasteiger partial charge on any atom is -0.497 e. The summed E-state index contributed by atoms with van der Waals surface area (Å²) in [5.41, 5.74) is 1.11. The highest BCUT2D eigenvalue weighted by atomic mass is 16.5. The van der Waals surface area contributed by atoms with E-state index < -0.39 is 0 Å². The van der Waals surface area contributed by atoms with E-state index in [1.165, 1.54) is 6.42 Å². The van der Waals surface area contributed by atoms with Gasteiger partial charge in [0, 0.05) is 12.5 Å². The largest absolute Gasteiger partial charge is 0.497 e. The van der Waals surface area contributed by atoms with Gasteiger partial charge in [-0.25, -0.2) is 0 Å². The average Bonchev–Trinajstić information content (AvgIpc) is 2.60. The second kappa shape index (κ2) is 9.18. The van der Waals surface area contributed by atoms with Gasteiger partial charge in [0.2, 0.25) is 11.8 Å². The van der Waals surface area contributed by atoms with Gasteiger partial charge < -0.3 is 15.4 Å². The Morgan fingerprint density at radius 2 is 1.96 bits per heavy atom. The third kappa shape index (κ3) is 5.93. The molecule has 0 unspecified atom stereocenters. The predicted octanol–water partition coefficient (Wildman–Crippen LogP) is 2.05. The van der Waals surface area contributed by atoms with Crippen molar-refractivity contribution in [2.75, 3.05) is 20.2 Å². The molecule has 1 aliphatic carbocycles. The number of amides is 2. The second-order valence-electron chi connectivity index (χ2n) is 6.00. The summed E-state index contributed by atoms with van der Waals surface area (Å²) >= 11 is 0. The molecule has 2 amide bonds. The summed E-state index contributed by atoms with van der Waals surface area (Å²) in [5, 5.41) is 5.58. The molecule has 1 saturated carbocycles. The fourth-order valence-electron chi connectivity index (χ4n) is 2.91. The molecular weight excluding hydrogens is 292 g/mol. The molecule has 0 atom stereocenters. The highest BCUT2D eigenvalue weighted by molar-refractivity contribution is 5.85. The van der Waals surface area contributed by atoms with Gasteiger partial charge in [-0.2, -0.15) is 0 Å². The molecule has 2 N–H and O–H groups in total. The molecule has 1 aromatic rings. The molecule has 0 heterocycles. The SMILES string of the molecule is COc1cccc(CCNC(=O)CNC(=O)C2CCCCC2)c1. The van der Waals surface area contributed by atoms with Crippen molar-refractivity contribution in [2.24, 2.45) is 5.92 Å². The molecule has 1 aliphatic rings. The zero-order valence-corrected chi connectivity index (χ0v) is 13.8. The Bertz CT molecular complexity index is 525. The molecular formula is C18H26N2O3. The Hall–Kier alpha value is -2.04. The van der Waals surface area contributed by atoms with Gasteiger partial charge in [0.15, 0.2) is 0 Å². The van der Waals surface area contributed by atoms with Crippen LogP contribution in [0.25, 0.3) is 0 Å². The highest BCUT2D eigenvalue weighted by Gasteiger charge is 2.21. The van der Waals surface area contributed by atoms with Crippen molar-refractivity contribution < 1.29 is 14.3 Å². The number of nitrogens with one attached hydrogen (secondary N) is 2. The maximum absolute atomic E-state index is 12.0. The van der Waals surface area contributed by atoms with Crippen LogP contribution in [0.3, 0.4) is 0 Å². The van der Waals surface area contributed by atoms with Gasteiger partial charge in [0.25, 0.3) is 0 Å². The number of methoxy groups -OCH3 is 1. The van der Waals surface area contributed by atoms with Crippen LogP contribution in [0.2, 0.25) is 0 Å². The van der Waals surface area contributed by atoms with Crippen LogP contribution in [-0.4, -0.2) is 32.0 Å². The van der Waals surface area contributed by atoms with Crippen LogP contribution < -0.4 is 15.4 Å². The molecule has 126 valence electrons. The summed E-state index contributed by atoms with van der Waals surface area (Å²) in [7, 11) is 1.63. The minimum atomic E-state index is -0.142. The van der Waals surface area contributed by atoms with Gasteiger partial charge in [-0.1, -0.05) is 31.4 Å². The third-order valence-electron chi connectivity index (χ3n) is 4.27. The average molecular weight is 318 g/mol. The van der Waals surface area contributed by atoms with Crippen molar-refractivity contribution in [1.29, 1.82) is 0 Å². The summed E-state index contributed by atoms with van der Waals surface area (Å²) in [4.78, 5) is 23.8. The van der Waals surface area contributed by atoms with Crippen LogP contribution >= 0.6 is 0 Å². The maximum Gasteiger partial charge on any atom is 0.239 e. The van der Waals surface area contributed by atoms with Crippen molar-refractivity contribution >= 4 is 11.8 Å². The van der Waals surface area contributed by atoms with Crippen molar-refractivity contribution in [1.82, 2.24) is 10.6 Å². The first kappa shape index (κ1) is 17.3. The lowest BCUT2D eigenvalue weighted by Crippen LogP contribution is -2.40. The Labute approximate surface area is 137 Å². The number of carbonyl (C=O) groups is 2. The molecule has 5 heteroatoms. The first-order valence-electron chi connectivity index (χ1n) is 8.36. The van der Waals surface area contributed by atoms with Gasteiger partial charge in [0.05, 0.1) is 13.7 Å². The molecule has 0 aliphatic heterocycles. The zero-order chi connectivity index (χ0) is 16.5. The van der Waals surface area contributed by atoms with Crippen LogP contribution in [0.15, 0.2) is 24.3 Å². The predicted molar refractivity (Wildman–Crippen MR) is 89.3 cm³/mol. The first-order valence-corrected chi connectivity index (χ1v) is 8.36. The van der Waals surface area contributed by atoms with E-state index in [1.54, 1.807) is 7.11 Å². The second-order valence-corrected chi connectivity index (χ2v) is 6.00. The van der Waals surface area contributed by atoms with E-state index in [1.807, 2.05) is 24.3 Å². The van der Waals surface area contributed by atoms with Crippen molar-refractivity contribution in [3.63, 3.8) is 0 Å². The van der Waals surface area contributed by atoms with Gasteiger partial charge in [-0.3, -0.25) is 9.59 Å². The molecule has 0 aromatic heterocycles. The molecule has 0 bridgehead atoms. The van der Waals surface area contributed by atoms with Gasteiger partial charge in [-0.15, -0.1) is 0 Å². The van der Waals surface area contributed by atoms with Crippen molar-refractivity contribution in [3.8, 4) is 5.75 Å². The van der Waals surface area contributed by atoms with E-state index in [-0.39, 0.29) is 24.3 Å². The Balaban J connectivity index is 1.63. The molecule has 1 fully saturated rings. The van der Waals surface area contributed by atoms with E-state index >= 15 is 0 Å². The number of hydrogen-bond donors (Lipinski definition) is 2. The monoisotopic (exact) mass is 318 g/mol. The van der Waals surface area contributed by atoms with Gasteiger partial charge in [-0.05, 0) is 37.0 Å². The Morgan fingerprint density at radius 3 is 2.70 bits per heavy atom. The highest BCUT2D eigenvalue weighted by Crippen LogP contribution is 2.23. The molecule has 5 nitrogen and oxygen atoms in total. The van der Waals surface area contributed by atoms with E-state index in [2.05, 4.69) is 10.6 Å². The van der Waals surface area contributed by atoms with Crippen LogP contribution in [-0.2, 0) is 16.0 Å². The van der Waals surface area contributed by atoms with Crippen LogP contribution in [0, 0.1) is 5.92 Å². The van der Waals surface area contributed by atoms with E-state index in [9.17, 15) is 9.59 Å². The van der Waals surface area contributed by atoms with E-state index in [4.69, 9.17) is 4.74 Å². The number of ether oxygens (including phenoxy) is 1. The Morgan fingerprint density at radius 1 is 1.17 bits per heavy atom. The lowest BCUT2D eigenvalue weighted by molar-refractivity contribution is -0.129. The quantitative estimate of drug-likeness (QED) is 0.808. The van der Waals surface area contributed by atoms with Crippen molar-refractivity contribution in [2.45, 2.75) is 38.5 Å². The maximum atomic E-state index is 12.0. The lowest BCUT2D eigenvalue weighted by Gasteiger charge is -2.20. The smallest absolute Gasteiger partial charge is 0.239 e. The Kier molecular flexibility index (Phi) is 6.91. The summed E-state index contributed by atoms with van der Waals surface area (Å²) in [6.45, 7) is 0.610. The number of benzene rings is 1. The van der Waals surface area contributed by atoms with Gasteiger partial charge >= 0.3 is 0 Å². The standard InChI is InChI=1S/C18H26N2O3/c1-23-16-9-5-6-14(12-16)10-11-19-17(21)13-20-18(22)15-7-3-2-4-8-15/h5-6,9,12,15H,2-4,7-8,10-11,13H2,1H3,(H,19,21)(H,20,22). The summed E-state index contributed by atoms with van der Waals surface area (Å²) in [5.74, 6) is 0.784. The minimum absolute atomic E-state index is 0.0210. The zero-order valence-electron chi connectivity index (χ0n) is 13.8. The fraction of sp³-hybridized carbons (Fsp3) is 0.556. The molecule has 1 aromatic carbocycles. The summed E-state index contributed by atoms with van der Waals surface area (Å²) < 4.78 is 5.17. The normalized spacial score (nSPS) is 15.0. The molecule has 23 heavy (non-hydrogen) atoms. The van der Waals surface area contributed by atoms with E-state index in [0.29, 0.717) is 6.54 Å². The van der Waals surface area contributed by atoms with E-state index in [0.717, 1.165) is 43.4 Å². The van der Waals surface area contributed by atoms with Crippen LogP contribution in [0.4, 0.5) is 0 Å². The van der Waals surface area contributed by atoms with Gasteiger partial charge in [0.1, 0.15) is 5.75 Å². The first-order chi connectivity index (χ1) is 11.2. The van der Waals surface area contributed by atoms with Crippen LogP contribution in [0.1, 0.15) is 37.7 Å². The number of rotatable bonds is 7. The van der Waals surface area contributed by atoms with Crippen LogP contribution in [0.5, 0.6) is 5.75 Å². The third-order valence-corrected chi connectivity index (χ3v) is 4.27. The molecule has 0 spiro atoms. The molecule has 0 radical (unpaired) electrons. The molecule has 0 saturated heterocycles. The fourth-order valence-corrected chi connectivity index (χ4v) is 2.91. The molecule has 2 rings (SSSR count).